The molecule has 0 atom stereocenters. The van der Waals surface area contributed by atoms with Crippen LogP contribution in [0.2, 0.25) is 0 Å². The number of fused-ring (bicyclic) bond motifs is 1. The van der Waals surface area contributed by atoms with Crippen LogP contribution in [0.1, 0.15) is 35.3 Å². The van der Waals surface area contributed by atoms with Crippen LogP contribution in [0.25, 0.3) is 22.4 Å². The number of hydrogen-bond donors (Lipinski definition) is 1. The molecule has 5 rings (SSSR count). The summed E-state index contributed by atoms with van der Waals surface area (Å²) in [5, 5.41) is 0.850. The molecule has 0 radical (unpaired) electrons. The van der Waals surface area contributed by atoms with Gasteiger partial charge >= 0.3 is 0 Å². The lowest BCUT2D eigenvalue weighted by Crippen LogP contribution is -2.38. The number of H-pyrrole nitrogens is 1. The Kier molecular flexibility index (Phi) is 6.44. The molecule has 1 aliphatic rings. The molecule has 1 amide bonds. The van der Waals surface area contributed by atoms with E-state index in [-0.39, 0.29) is 5.91 Å². The molecule has 1 N–H and O–H groups in total. The Hall–Kier alpha value is -3.51. The minimum atomic E-state index is 0.0352. The third-order valence-corrected chi connectivity index (χ3v) is 6.32. The fraction of sp³-hybridized carbons (Fsp3) is 0.296. The maximum Gasteiger partial charge on any atom is 0.270 e. The summed E-state index contributed by atoms with van der Waals surface area (Å²) in [7, 11) is 0. The van der Waals surface area contributed by atoms with E-state index < -0.39 is 0 Å². The number of carbonyl (C=O) groups is 1. The topological polar surface area (TPSA) is 71.1 Å². The Morgan fingerprint density at radius 1 is 1.03 bits per heavy atom. The molecule has 0 saturated carbocycles. The second kappa shape index (κ2) is 9.96. The third kappa shape index (κ3) is 5.12. The van der Waals surface area contributed by atoms with Crippen LogP contribution in [0.5, 0.6) is 0 Å². The molecule has 1 fully saturated rings. The van der Waals surface area contributed by atoms with E-state index in [0.717, 1.165) is 49.9 Å². The Morgan fingerprint density at radius 3 is 2.52 bits per heavy atom. The molecule has 2 aromatic carbocycles. The van der Waals surface area contributed by atoms with Crippen molar-refractivity contribution in [2.75, 3.05) is 19.7 Å². The predicted octanol–water partition coefficient (Wildman–Crippen LogP) is 5.08. The summed E-state index contributed by atoms with van der Waals surface area (Å²) in [5.41, 5.74) is 3.43. The summed E-state index contributed by atoms with van der Waals surface area (Å²) >= 11 is 0. The van der Waals surface area contributed by atoms with Gasteiger partial charge in [-0.25, -0.2) is 9.97 Å². The van der Waals surface area contributed by atoms with Gasteiger partial charge in [0.05, 0.1) is 6.61 Å². The number of aromatic amines is 1. The number of carbonyl (C=O) groups excluding carboxylic acids is 1. The highest BCUT2D eigenvalue weighted by atomic mass is 16.5. The number of ether oxygens (including phenoxy) is 1. The number of hydrogen-bond acceptors (Lipinski definition) is 4. The first-order valence-corrected chi connectivity index (χ1v) is 11.6. The van der Waals surface area contributed by atoms with Crippen LogP contribution in [0.3, 0.4) is 0 Å². The van der Waals surface area contributed by atoms with Crippen molar-refractivity contribution >= 4 is 16.9 Å². The zero-order valence-corrected chi connectivity index (χ0v) is 18.6. The Bertz CT molecular complexity index is 1200. The van der Waals surface area contributed by atoms with Crippen molar-refractivity contribution in [3.8, 4) is 11.4 Å². The first kappa shape index (κ1) is 21.3. The molecule has 0 spiro atoms. The second-order valence-electron chi connectivity index (χ2n) is 8.61. The number of benzene rings is 2. The van der Waals surface area contributed by atoms with Crippen LogP contribution in [-0.2, 0) is 11.3 Å². The van der Waals surface area contributed by atoms with E-state index in [2.05, 4.69) is 27.1 Å². The van der Waals surface area contributed by atoms with Crippen molar-refractivity contribution in [1.82, 2.24) is 19.9 Å². The minimum absolute atomic E-state index is 0.0352. The van der Waals surface area contributed by atoms with Gasteiger partial charge in [-0.2, -0.15) is 0 Å². The van der Waals surface area contributed by atoms with Gasteiger partial charge in [0.15, 0.2) is 5.82 Å². The molecule has 33 heavy (non-hydrogen) atoms. The molecule has 6 nitrogen and oxygen atoms in total. The number of likely N-dealkylation sites (tertiary alicyclic amines) is 1. The molecule has 4 aromatic rings. The van der Waals surface area contributed by atoms with Gasteiger partial charge in [-0.15, -0.1) is 0 Å². The first-order chi connectivity index (χ1) is 16.3. The van der Waals surface area contributed by atoms with Crippen molar-refractivity contribution < 1.29 is 9.53 Å². The summed E-state index contributed by atoms with van der Waals surface area (Å²) in [5.74, 6) is 1.29. The first-order valence-electron chi connectivity index (χ1n) is 11.6. The Balaban J connectivity index is 1.14. The molecule has 1 aliphatic heterocycles. The average molecular weight is 441 g/mol. The van der Waals surface area contributed by atoms with E-state index >= 15 is 0 Å². The zero-order valence-electron chi connectivity index (χ0n) is 18.6. The van der Waals surface area contributed by atoms with Gasteiger partial charge in [-0.3, -0.25) is 4.79 Å². The van der Waals surface area contributed by atoms with Crippen molar-refractivity contribution in [2.24, 2.45) is 5.92 Å². The van der Waals surface area contributed by atoms with E-state index in [1.54, 1.807) is 6.20 Å². The molecule has 0 unspecified atom stereocenters. The fourth-order valence-electron chi connectivity index (χ4n) is 4.37. The molecule has 0 aliphatic carbocycles. The number of rotatable bonds is 7. The third-order valence-electron chi connectivity index (χ3n) is 6.32. The van der Waals surface area contributed by atoms with Gasteiger partial charge in [0.1, 0.15) is 11.3 Å². The van der Waals surface area contributed by atoms with E-state index in [9.17, 15) is 4.79 Å². The highest BCUT2D eigenvalue weighted by Gasteiger charge is 2.24. The smallest absolute Gasteiger partial charge is 0.270 e. The van der Waals surface area contributed by atoms with Crippen molar-refractivity contribution in [3.05, 3.63) is 84.2 Å². The van der Waals surface area contributed by atoms with Gasteiger partial charge in [-0.1, -0.05) is 60.7 Å². The quantitative estimate of drug-likeness (QED) is 0.407. The van der Waals surface area contributed by atoms with Crippen molar-refractivity contribution in [3.63, 3.8) is 0 Å². The number of nitrogens with one attached hydrogen (secondary N) is 1. The number of piperidine rings is 1. The lowest BCUT2D eigenvalue weighted by molar-refractivity contribution is 0.0634. The molecule has 0 bridgehead atoms. The minimum Gasteiger partial charge on any atom is -0.377 e. The number of aromatic nitrogens is 3. The van der Waals surface area contributed by atoms with Crippen LogP contribution in [0, 0.1) is 5.92 Å². The van der Waals surface area contributed by atoms with Gasteiger partial charge in [0.25, 0.3) is 5.91 Å². The summed E-state index contributed by atoms with van der Waals surface area (Å²) < 4.78 is 5.84. The molecular weight excluding hydrogens is 412 g/mol. The lowest BCUT2D eigenvalue weighted by Gasteiger charge is -2.31. The molecule has 6 heteroatoms. The lowest BCUT2D eigenvalue weighted by atomic mass is 9.94. The van der Waals surface area contributed by atoms with Crippen LogP contribution in [-0.4, -0.2) is 45.5 Å². The fourth-order valence-corrected chi connectivity index (χ4v) is 4.37. The zero-order chi connectivity index (χ0) is 22.5. The number of amides is 1. The normalized spacial score (nSPS) is 14.6. The van der Waals surface area contributed by atoms with Gasteiger partial charge in [-0.05, 0) is 36.8 Å². The SMILES string of the molecule is O=C(c1cc2cnc(-c3ccccc3)nc2[nH]1)N1CCC(CCOCc2ccccc2)CC1. The highest BCUT2D eigenvalue weighted by molar-refractivity contribution is 5.97. The summed E-state index contributed by atoms with van der Waals surface area (Å²) in [6.45, 7) is 2.97. The number of nitrogens with zero attached hydrogens (tertiary/aromatic N) is 3. The van der Waals surface area contributed by atoms with Gasteiger partial charge in [0.2, 0.25) is 0 Å². The summed E-state index contributed by atoms with van der Waals surface area (Å²) in [6, 6.07) is 22.0. The molecule has 1 saturated heterocycles. The van der Waals surface area contributed by atoms with Crippen LogP contribution in [0.4, 0.5) is 0 Å². The average Bonchev–Trinajstić information content (AvgIpc) is 3.31. The van der Waals surface area contributed by atoms with E-state index in [1.165, 1.54) is 5.56 Å². The maximum atomic E-state index is 13.1. The van der Waals surface area contributed by atoms with Crippen molar-refractivity contribution in [2.45, 2.75) is 25.9 Å². The van der Waals surface area contributed by atoms with E-state index in [0.29, 0.717) is 29.7 Å². The van der Waals surface area contributed by atoms with E-state index in [1.807, 2.05) is 59.5 Å². The Labute approximate surface area is 193 Å². The van der Waals surface area contributed by atoms with Crippen LogP contribution in [0.15, 0.2) is 72.9 Å². The largest absolute Gasteiger partial charge is 0.377 e. The summed E-state index contributed by atoms with van der Waals surface area (Å²) in [6.07, 6.45) is 4.84. The molecule has 168 valence electrons. The van der Waals surface area contributed by atoms with Crippen LogP contribution < -0.4 is 0 Å². The molecule has 3 heterocycles. The molecular formula is C27H28N4O2. The van der Waals surface area contributed by atoms with Gasteiger partial charge < -0.3 is 14.6 Å². The van der Waals surface area contributed by atoms with E-state index in [4.69, 9.17) is 4.74 Å². The molecule has 2 aromatic heterocycles. The second-order valence-corrected chi connectivity index (χ2v) is 8.61. The highest BCUT2D eigenvalue weighted by Crippen LogP contribution is 2.24. The standard InChI is InChI=1S/C27H28N4O2/c32-27(24-17-23-18-28-25(30-26(23)29-24)22-9-5-2-6-10-22)31-14-11-20(12-15-31)13-16-33-19-21-7-3-1-4-8-21/h1-10,17-18,20H,11-16,19H2,(H,28,29,30). The van der Waals surface area contributed by atoms with Crippen LogP contribution >= 0.6 is 0 Å². The maximum absolute atomic E-state index is 13.1. The summed E-state index contributed by atoms with van der Waals surface area (Å²) in [4.78, 5) is 27.3. The van der Waals surface area contributed by atoms with Gasteiger partial charge in [0, 0.05) is 36.8 Å². The predicted molar refractivity (Wildman–Crippen MR) is 129 cm³/mol. The monoisotopic (exact) mass is 440 g/mol. The van der Waals surface area contributed by atoms with Crippen molar-refractivity contribution in [1.29, 1.82) is 0 Å². The Morgan fingerprint density at radius 2 is 1.76 bits per heavy atom.